The molecule has 0 saturated carbocycles. The molecule has 25 heavy (non-hydrogen) atoms. The lowest BCUT2D eigenvalue weighted by molar-refractivity contribution is -0.653. The quantitative estimate of drug-likeness (QED) is 0.338. The molecule has 9 heteroatoms. The molecule has 0 aliphatic carbocycles. The topological polar surface area (TPSA) is 118 Å². The molecule has 2 N–H and O–H groups in total. The van der Waals surface area contributed by atoms with Crippen LogP contribution in [0.1, 0.15) is 11.7 Å². The second-order valence-electron chi connectivity index (χ2n) is 5.83. The van der Waals surface area contributed by atoms with Crippen LogP contribution in [0.15, 0.2) is 48.6 Å². The molecule has 4 rings (SSSR count). The highest BCUT2D eigenvalue weighted by atomic mass is 16.6. The Morgan fingerprint density at radius 2 is 2.24 bits per heavy atom. The van der Waals surface area contributed by atoms with E-state index in [1.165, 1.54) is 17.2 Å². The van der Waals surface area contributed by atoms with Crippen molar-refractivity contribution in [3.8, 4) is 0 Å². The summed E-state index contributed by atoms with van der Waals surface area (Å²) >= 11 is 0. The Labute approximate surface area is 142 Å². The van der Waals surface area contributed by atoms with Gasteiger partial charge in [-0.15, -0.1) is 0 Å². The van der Waals surface area contributed by atoms with E-state index in [-0.39, 0.29) is 5.70 Å². The maximum atomic E-state index is 11.4. The van der Waals surface area contributed by atoms with Gasteiger partial charge in [0.2, 0.25) is 5.52 Å². The summed E-state index contributed by atoms with van der Waals surface area (Å²) in [6.07, 6.45) is 3.00. The number of fused-ring (bicyclic) bond motifs is 2. The highest BCUT2D eigenvalue weighted by molar-refractivity contribution is 5.88. The Morgan fingerprint density at radius 3 is 3.04 bits per heavy atom. The van der Waals surface area contributed by atoms with E-state index in [9.17, 15) is 10.1 Å². The van der Waals surface area contributed by atoms with E-state index in [2.05, 4.69) is 15.4 Å². The smallest absolute Gasteiger partial charge is 0.259 e. The van der Waals surface area contributed by atoms with Crippen molar-refractivity contribution in [1.82, 2.24) is 14.8 Å². The summed E-state index contributed by atoms with van der Waals surface area (Å²) in [5, 5.41) is 20.5. The minimum Gasteiger partial charge on any atom is -0.398 e. The number of pyridine rings is 1. The number of benzene rings is 1. The third kappa shape index (κ3) is 2.36. The van der Waals surface area contributed by atoms with Gasteiger partial charge in [-0.05, 0) is 12.1 Å². The lowest BCUT2D eigenvalue weighted by Crippen LogP contribution is -2.37. The molecule has 1 aromatic carbocycles. The molecule has 3 heterocycles. The molecule has 126 valence electrons. The molecule has 0 saturated heterocycles. The van der Waals surface area contributed by atoms with Crippen LogP contribution in [0.25, 0.3) is 16.2 Å². The molecule has 2 aromatic heterocycles. The van der Waals surface area contributed by atoms with Gasteiger partial charge in [0.05, 0.1) is 23.1 Å². The van der Waals surface area contributed by atoms with E-state index in [1.54, 1.807) is 0 Å². The maximum Gasteiger partial charge on any atom is 0.259 e. The van der Waals surface area contributed by atoms with Crippen molar-refractivity contribution in [2.75, 3.05) is 5.73 Å². The minimum absolute atomic E-state index is 0.00864. The van der Waals surface area contributed by atoms with Gasteiger partial charge < -0.3 is 20.7 Å². The molecule has 1 unspecified atom stereocenters. The summed E-state index contributed by atoms with van der Waals surface area (Å²) in [5.41, 5.74) is 8.59. The fraction of sp³-hybridized carbons (Fsp3) is 0.188. The highest BCUT2D eigenvalue weighted by Gasteiger charge is 2.31. The Balaban J connectivity index is 1.79. The van der Waals surface area contributed by atoms with E-state index in [0.29, 0.717) is 18.1 Å². The number of aromatic nitrogens is 4. The number of rotatable bonds is 3. The van der Waals surface area contributed by atoms with Gasteiger partial charge in [-0.25, -0.2) is 5.10 Å². The average molecular weight is 337 g/mol. The van der Waals surface area contributed by atoms with Crippen LogP contribution in [-0.4, -0.2) is 19.7 Å². The SMILES string of the molecule is C[n+]1c(CC2C([N+](=O)[O-])=C[N-]c3ncnn32)ccc2c(N)cccc21. The van der Waals surface area contributed by atoms with E-state index in [1.807, 2.05) is 41.9 Å². The molecule has 9 nitrogen and oxygen atoms in total. The summed E-state index contributed by atoms with van der Waals surface area (Å²) < 4.78 is 3.48. The number of nitrogens with two attached hydrogens (primary N) is 1. The summed E-state index contributed by atoms with van der Waals surface area (Å²) in [5.74, 6) is 0.364. The molecular weight excluding hydrogens is 322 g/mol. The zero-order valence-electron chi connectivity index (χ0n) is 13.4. The monoisotopic (exact) mass is 337 g/mol. The van der Waals surface area contributed by atoms with E-state index in [0.717, 1.165) is 16.6 Å². The number of aryl methyl sites for hydroxylation is 1. The van der Waals surface area contributed by atoms with Crippen LogP contribution in [0.5, 0.6) is 0 Å². The van der Waals surface area contributed by atoms with Crippen LogP contribution in [-0.2, 0) is 13.5 Å². The number of nitro groups is 1. The lowest BCUT2D eigenvalue weighted by Gasteiger charge is -2.25. The minimum atomic E-state index is -0.574. The third-order valence-electron chi connectivity index (χ3n) is 4.47. The van der Waals surface area contributed by atoms with Gasteiger partial charge in [0.1, 0.15) is 13.1 Å². The first-order valence-electron chi connectivity index (χ1n) is 7.67. The van der Waals surface area contributed by atoms with E-state index >= 15 is 0 Å². The van der Waals surface area contributed by atoms with Crippen LogP contribution in [0, 0.1) is 10.1 Å². The van der Waals surface area contributed by atoms with Gasteiger partial charge in [-0.1, -0.05) is 6.07 Å². The van der Waals surface area contributed by atoms with Gasteiger partial charge in [0.15, 0.2) is 5.69 Å². The van der Waals surface area contributed by atoms with Crippen molar-refractivity contribution >= 4 is 22.5 Å². The molecule has 1 atom stereocenters. The van der Waals surface area contributed by atoms with Gasteiger partial charge in [0.25, 0.3) is 5.70 Å². The number of hydrogen-bond acceptors (Lipinski definition) is 5. The van der Waals surface area contributed by atoms with Crippen LogP contribution >= 0.6 is 0 Å². The fourth-order valence-electron chi connectivity index (χ4n) is 3.14. The maximum absolute atomic E-state index is 11.4. The van der Waals surface area contributed by atoms with Crippen molar-refractivity contribution in [2.45, 2.75) is 12.5 Å². The first-order valence-corrected chi connectivity index (χ1v) is 7.67. The number of nitrogen functional groups attached to an aromatic ring is 1. The molecule has 3 aromatic rings. The third-order valence-corrected chi connectivity index (χ3v) is 4.47. The average Bonchev–Trinajstić information content (AvgIpc) is 3.07. The fourth-order valence-corrected chi connectivity index (χ4v) is 3.14. The van der Waals surface area contributed by atoms with Gasteiger partial charge in [-0.2, -0.15) is 4.57 Å². The predicted molar refractivity (Wildman–Crippen MR) is 90.4 cm³/mol. The molecule has 0 radical (unpaired) electrons. The van der Waals surface area contributed by atoms with Crippen molar-refractivity contribution in [3.63, 3.8) is 0 Å². The van der Waals surface area contributed by atoms with E-state index in [4.69, 9.17) is 5.73 Å². The first-order chi connectivity index (χ1) is 12.1. The Bertz CT molecular complexity index is 1020. The molecule has 1 aliphatic heterocycles. The van der Waals surface area contributed by atoms with Crippen molar-refractivity contribution in [2.24, 2.45) is 7.05 Å². The normalized spacial score (nSPS) is 16.2. The molecule has 0 amide bonds. The van der Waals surface area contributed by atoms with Crippen LogP contribution < -0.4 is 10.3 Å². The number of allylic oxidation sites excluding steroid dienone is 1. The molecular formula is C16H15N7O2. The predicted octanol–water partition coefficient (Wildman–Crippen LogP) is 1.76. The summed E-state index contributed by atoms with van der Waals surface area (Å²) in [4.78, 5) is 15.0. The van der Waals surface area contributed by atoms with Crippen molar-refractivity contribution in [1.29, 1.82) is 0 Å². The molecule has 0 fully saturated rings. The number of anilines is 1. The number of hydrogen-bond donors (Lipinski definition) is 1. The Kier molecular flexibility index (Phi) is 3.34. The van der Waals surface area contributed by atoms with Crippen LogP contribution in [0.4, 0.5) is 11.6 Å². The van der Waals surface area contributed by atoms with Gasteiger partial charge >= 0.3 is 0 Å². The summed E-state index contributed by atoms with van der Waals surface area (Å²) in [6.45, 7) is 0. The summed E-state index contributed by atoms with van der Waals surface area (Å²) in [7, 11) is 1.92. The lowest BCUT2D eigenvalue weighted by atomic mass is 10.0. The van der Waals surface area contributed by atoms with E-state index < -0.39 is 11.0 Å². The highest BCUT2D eigenvalue weighted by Crippen LogP contribution is 2.33. The van der Waals surface area contributed by atoms with Crippen molar-refractivity contribution < 1.29 is 9.49 Å². The first kappa shape index (κ1) is 15.1. The molecule has 1 aliphatic rings. The zero-order chi connectivity index (χ0) is 17.6. The molecule has 0 spiro atoms. The summed E-state index contributed by atoms with van der Waals surface area (Å²) in [6, 6.07) is 8.99. The molecule has 0 bridgehead atoms. The van der Waals surface area contributed by atoms with Gasteiger partial charge in [0, 0.05) is 30.0 Å². The van der Waals surface area contributed by atoms with Gasteiger partial charge in [-0.3, -0.25) is 10.1 Å². The second-order valence-corrected chi connectivity index (χ2v) is 5.83. The Hall–Kier alpha value is -3.49. The zero-order valence-corrected chi connectivity index (χ0v) is 13.4. The second kappa shape index (κ2) is 5.55. The van der Waals surface area contributed by atoms with Crippen LogP contribution in [0.2, 0.25) is 0 Å². The standard InChI is InChI=1S/C16H14N7O2/c1-21-10(5-6-11-12(17)3-2-4-13(11)21)7-14-15(23(24)25)8-18-16-19-9-20-22(14)16/h2-6,8-9,14,17H,7H2,1H3/q-1/p+1. The largest absolute Gasteiger partial charge is 0.398 e. The number of nitrogens with zero attached hydrogens (tertiary/aromatic N) is 6. The Morgan fingerprint density at radius 1 is 1.40 bits per heavy atom. The van der Waals surface area contributed by atoms with Crippen molar-refractivity contribution in [3.05, 3.63) is 69.7 Å². The van der Waals surface area contributed by atoms with Crippen LogP contribution in [0.3, 0.4) is 0 Å².